The topological polar surface area (TPSA) is 29.9 Å². The van der Waals surface area contributed by atoms with Crippen molar-refractivity contribution in [1.29, 1.82) is 0 Å². The molecule has 0 saturated carbocycles. The summed E-state index contributed by atoms with van der Waals surface area (Å²) in [6.45, 7) is 1.27. The number of nitrogens with one attached hydrogen (secondary N) is 1. The molecule has 3 aromatic rings. The van der Waals surface area contributed by atoms with Crippen molar-refractivity contribution in [3.63, 3.8) is 0 Å². The van der Waals surface area contributed by atoms with E-state index in [2.05, 4.69) is 16.5 Å². The molecule has 0 radical (unpaired) electrons. The Hall–Kier alpha value is -1.91. The molecule has 1 heterocycles. The predicted molar refractivity (Wildman–Crippen MR) is 83.0 cm³/mol. The average molecular weight is 304 g/mol. The molecule has 0 unspecified atom stereocenters. The molecule has 0 aliphatic heterocycles. The Kier molecular flexibility index (Phi) is 3.90. The summed E-state index contributed by atoms with van der Waals surface area (Å²) in [5, 5.41) is 9.03. The molecular formula is C16H15ClFN3. The fourth-order valence-electron chi connectivity index (χ4n) is 2.43. The highest BCUT2D eigenvalue weighted by Gasteiger charge is 2.10. The first-order valence-corrected chi connectivity index (χ1v) is 7.10. The molecule has 0 saturated heterocycles. The SMILES string of the molecule is CNCc1nn(Cc2ccc(F)c(Cl)c2)c2ccccc12. The van der Waals surface area contributed by atoms with Crippen molar-refractivity contribution in [3.05, 3.63) is 64.6 Å². The summed E-state index contributed by atoms with van der Waals surface area (Å²) >= 11 is 5.84. The second-order valence-electron chi connectivity index (χ2n) is 4.90. The lowest BCUT2D eigenvalue weighted by atomic mass is 10.2. The van der Waals surface area contributed by atoms with Crippen LogP contribution < -0.4 is 5.32 Å². The van der Waals surface area contributed by atoms with Gasteiger partial charge in [0.1, 0.15) is 5.82 Å². The lowest BCUT2D eigenvalue weighted by molar-refractivity contribution is 0.625. The second-order valence-corrected chi connectivity index (χ2v) is 5.31. The van der Waals surface area contributed by atoms with Gasteiger partial charge in [0.15, 0.2) is 0 Å². The number of nitrogens with zero attached hydrogens (tertiary/aromatic N) is 2. The normalized spacial score (nSPS) is 11.2. The van der Waals surface area contributed by atoms with E-state index in [1.807, 2.05) is 29.9 Å². The molecule has 5 heteroatoms. The smallest absolute Gasteiger partial charge is 0.141 e. The van der Waals surface area contributed by atoms with Gasteiger partial charge in [-0.2, -0.15) is 5.10 Å². The van der Waals surface area contributed by atoms with E-state index in [4.69, 9.17) is 11.6 Å². The number of aromatic nitrogens is 2. The van der Waals surface area contributed by atoms with E-state index in [-0.39, 0.29) is 5.02 Å². The molecule has 21 heavy (non-hydrogen) atoms. The zero-order valence-electron chi connectivity index (χ0n) is 11.6. The fourth-order valence-corrected chi connectivity index (χ4v) is 2.63. The van der Waals surface area contributed by atoms with Crippen molar-refractivity contribution in [2.75, 3.05) is 7.05 Å². The summed E-state index contributed by atoms with van der Waals surface area (Å²) in [5.74, 6) is -0.401. The largest absolute Gasteiger partial charge is 0.314 e. The number of hydrogen-bond acceptors (Lipinski definition) is 2. The van der Waals surface area contributed by atoms with Gasteiger partial charge in [-0.15, -0.1) is 0 Å². The van der Waals surface area contributed by atoms with Gasteiger partial charge < -0.3 is 5.32 Å². The monoisotopic (exact) mass is 303 g/mol. The van der Waals surface area contributed by atoms with Gasteiger partial charge in [-0.1, -0.05) is 35.9 Å². The van der Waals surface area contributed by atoms with E-state index in [1.54, 1.807) is 12.1 Å². The first-order chi connectivity index (χ1) is 10.2. The van der Waals surface area contributed by atoms with Crippen molar-refractivity contribution >= 4 is 22.5 Å². The molecule has 0 aliphatic carbocycles. The van der Waals surface area contributed by atoms with Crippen LogP contribution in [0, 0.1) is 5.82 Å². The van der Waals surface area contributed by atoms with E-state index in [9.17, 15) is 4.39 Å². The van der Waals surface area contributed by atoms with Gasteiger partial charge >= 0.3 is 0 Å². The molecular weight excluding hydrogens is 289 g/mol. The Bertz CT molecular complexity index is 782. The first kappa shape index (κ1) is 14.0. The summed E-state index contributed by atoms with van der Waals surface area (Å²) < 4.78 is 15.2. The number of halogens is 2. The van der Waals surface area contributed by atoms with E-state index >= 15 is 0 Å². The van der Waals surface area contributed by atoms with Crippen LogP contribution in [0.3, 0.4) is 0 Å². The van der Waals surface area contributed by atoms with Crippen LogP contribution in [0.15, 0.2) is 42.5 Å². The third-order valence-corrected chi connectivity index (χ3v) is 3.68. The molecule has 3 nitrogen and oxygen atoms in total. The van der Waals surface area contributed by atoms with Gasteiger partial charge in [-0.05, 0) is 30.8 Å². The van der Waals surface area contributed by atoms with Crippen molar-refractivity contribution in [1.82, 2.24) is 15.1 Å². The van der Waals surface area contributed by atoms with Crippen molar-refractivity contribution in [3.8, 4) is 0 Å². The summed E-state index contributed by atoms with van der Waals surface area (Å²) in [7, 11) is 1.90. The molecule has 2 aromatic carbocycles. The van der Waals surface area contributed by atoms with Crippen LogP contribution in [0.1, 0.15) is 11.3 Å². The number of hydrogen-bond donors (Lipinski definition) is 1. The van der Waals surface area contributed by atoms with Crippen LogP contribution in [-0.4, -0.2) is 16.8 Å². The minimum Gasteiger partial charge on any atom is -0.314 e. The highest BCUT2D eigenvalue weighted by Crippen LogP contribution is 2.21. The van der Waals surface area contributed by atoms with Crippen LogP contribution in [0.5, 0.6) is 0 Å². The number of fused-ring (bicyclic) bond motifs is 1. The molecule has 1 aromatic heterocycles. The minimum absolute atomic E-state index is 0.138. The van der Waals surface area contributed by atoms with Gasteiger partial charge in [-0.3, -0.25) is 4.68 Å². The molecule has 0 atom stereocenters. The zero-order chi connectivity index (χ0) is 14.8. The lowest BCUT2D eigenvalue weighted by Gasteiger charge is -2.05. The fraction of sp³-hybridized carbons (Fsp3) is 0.188. The third kappa shape index (κ3) is 2.77. The lowest BCUT2D eigenvalue weighted by Crippen LogP contribution is -2.07. The Morgan fingerprint density at radius 1 is 1.24 bits per heavy atom. The second kappa shape index (κ2) is 5.84. The molecule has 0 bridgehead atoms. The highest BCUT2D eigenvalue weighted by atomic mass is 35.5. The first-order valence-electron chi connectivity index (χ1n) is 6.72. The van der Waals surface area contributed by atoms with Gasteiger partial charge in [0.25, 0.3) is 0 Å². The van der Waals surface area contributed by atoms with Crippen LogP contribution >= 0.6 is 11.6 Å². The quantitative estimate of drug-likeness (QED) is 0.798. The standard InChI is InChI=1S/C16H15ClFN3/c1-19-9-15-12-4-2-3-5-16(12)21(20-15)10-11-6-7-14(18)13(17)8-11/h2-8,19H,9-10H2,1H3. The van der Waals surface area contributed by atoms with Crippen molar-refractivity contribution in [2.45, 2.75) is 13.1 Å². The molecule has 0 amide bonds. The highest BCUT2D eigenvalue weighted by molar-refractivity contribution is 6.30. The zero-order valence-corrected chi connectivity index (χ0v) is 12.4. The van der Waals surface area contributed by atoms with Crippen LogP contribution in [-0.2, 0) is 13.1 Å². The molecule has 108 valence electrons. The summed E-state index contributed by atoms with van der Waals surface area (Å²) in [5.41, 5.74) is 2.98. The van der Waals surface area contributed by atoms with Gasteiger partial charge in [0.2, 0.25) is 0 Å². The Balaban J connectivity index is 2.01. The summed E-state index contributed by atoms with van der Waals surface area (Å²) in [6.07, 6.45) is 0. The van der Waals surface area contributed by atoms with Crippen LogP contribution in [0.4, 0.5) is 4.39 Å². The van der Waals surface area contributed by atoms with Crippen LogP contribution in [0.25, 0.3) is 10.9 Å². The van der Waals surface area contributed by atoms with E-state index in [0.29, 0.717) is 13.1 Å². The van der Waals surface area contributed by atoms with Gasteiger partial charge in [0, 0.05) is 11.9 Å². The van der Waals surface area contributed by atoms with Crippen LogP contribution in [0.2, 0.25) is 5.02 Å². The Morgan fingerprint density at radius 2 is 2.05 bits per heavy atom. The van der Waals surface area contributed by atoms with Gasteiger partial charge in [0.05, 0.1) is 22.8 Å². The van der Waals surface area contributed by atoms with Crippen molar-refractivity contribution < 1.29 is 4.39 Å². The van der Waals surface area contributed by atoms with E-state index in [0.717, 1.165) is 22.2 Å². The molecule has 0 fully saturated rings. The molecule has 0 spiro atoms. The maximum atomic E-state index is 13.2. The van der Waals surface area contributed by atoms with E-state index < -0.39 is 5.82 Å². The maximum absolute atomic E-state index is 13.2. The molecule has 3 rings (SSSR count). The Labute approximate surface area is 127 Å². The summed E-state index contributed by atoms with van der Waals surface area (Å²) in [6, 6.07) is 12.8. The van der Waals surface area contributed by atoms with Gasteiger partial charge in [-0.25, -0.2) is 4.39 Å². The Morgan fingerprint density at radius 3 is 2.81 bits per heavy atom. The number of benzene rings is 2. The van der Waals surface area contributed by atoms with E-state index in [1.165, 1.54) is 6.07 Å². The number of para-hydroxylation sites is 1. The predicted octanol–water partition coefficient (Wildman–Crippen LogP) is 3.60. The summed E-state index contributed by atoms with van der Waals surface area (Å²) in [4.78, 5) is 0. The molecule has 1 N–H and O–H groups in total. The third-order valence-electron chi connectivity index (χ3n) is 3.40. The van der Waals surface area contributed by atoms with Crippen molar-refractivity contribution in [2.24, 2.45) is 0 Å². The number of rotatable bonds is 4. The average Bonchev–Trinajstić information content (AvgIpc) is 2.82. The molecule has 0 aliphatic rings. The maximum Gasteiger partial charge on any atom is 0.141 e. The minimum atomic E-state index is -0.401.